The summed E-state index contributed by atoms with van der Waals surface area (Å²) in [5.41, 5.74) is 3.27. The molecule has 0 bridgehead atoms. The number of rotatable bonds is 1. The van der Waals surface area contributed by atoms with Crippen molar-refractivity contribution in [3.05, 3.63) is 33.2 Å². The van der Waals surface area contributed by atoms with Gasteiger partial charge in [0.15, 0.2) is 5.82 Å². The maximum absolute atomic E-state index is 6.13. The SMILES string of the molecule is Clc1nc(-c2ccsc2)nc2c1CSC2. The van der Waals surface area contributed by atoms with Crippen LogP contribution < -0.4 is 0 Å². The van der Waals surface area contributed by atoms with Crippen molar-refractivity contribution >= 4 is 34.7 Å². The molecule has 0 N–H and O–H groups in total. The molecule has 0 saturated heterocycles. The second-order valence-electron chi connectivity index (χ2n) is 3.27. The van der Waals surface area contributed by atoms with Gasteiger partial charge in [-0.3, -0.25) is 0 Å². The average molecular weight is 255 g/mol. The Morgan fingerprint density at radius 1 is 1.27 bits per heavy atom. The zero-order chi connectivity index (χ0) is 10.3. The minimum atomic E-state index is 0.617. The maximum atomic E-state index is 6.13. The van der Waals surface area contributed by atoms with Gasteiger partial charge in [0.25, 0.3) is 0 Å². The Labute approximate surface area is 101 Å². The van der Waals surface area contributed by atoms with Gasteiger partial charge in [-0.1, -0.05) is 11.6 Å². The van der Waals surface area contributed by atoms with Crippen LogP contribution in [0.25, 0.3) is 11.4 Å². The molecule has 0 atom stereocenters. The van der Waals surface area contributed by atoms with Crippen molar-refractivity contribution in [3.63, 3.8) is 0 Å². The minimum absolute atomic E-state index is 0.617. The molecule has 3 heterocycles. The van der Waals surface area contributed by atoms with Crippen LogP contribution in [-0.2, 0) is 11.5 Å². The van der Waals surface area contributed by atoms with E-state index in [1.807, 2.05) is 28.6 Å². The van der Waals surface area contributed by atoms with Gasteiger partial charge in [0.2, 0.25) is 0 Å². The van der Waals surface area contributed by atoms with E-state index >= 15 is 0 Å². The zero-order valence-electron chi connectivity index (χ0n) is 7.74. The molecule has 1 aliphatic rings. The lowest BCUT2D eigenvalue weighted by atomic mass is 10.2. The second-order valence-corrected chi connectivity index (χ2v) is 5.39. The van der Waals surface area contributed by atoms with Crippen molar-refractivity contribution in [2.24, 2.45) is 0 Å². The Balaban J connectivity index is 2.15. The molecule has 2 aromatic heterocycles. The van der Waals surface area contributed by atoms with Gasteiger partial charge in [0.05, 0.1) is 5.69 Å². The number of hydrogen-bond acceptors (Lipinski definition) is 4. The van der Waals surface area contributed by atoms with E-state index in [9.17, 15) is 0 Å². The molecule has 0 aromatic carbocycles. The molecule has 0 fully saturated rings. The van der Waals surface area contributed by atoms with Crippen LogP contribution in [0.5, 0.6) is 0 Å². The third kappa shape index (κ3) is 1.67. The van der Waals surface area contributed by atoms with Gasteiger partial charge in [-0.05, 0) is 11.4 Å². The first-order valence-corrected chi connectivity index (χ1v) is 6.98. The quantitative estimate of drug-likeness (QED) is 0.727. The Hall–Kier alpha value is -0.580. The first kappa shape index (κ1) is 9.63. The molecule has 0 radical (unpaired) electrons. The molecular weight excluding hydrogens is 248 g/mol. The number of thiophene rings is 1. The molecule has 76 valence electrons. The fraction of sp³-hybridized carbons (Fsp3) is 0.200. The number of thioether (sulfide) groups is 1. The molecule has 5 heteroatoms. The van der Waals surface area contributed by atoms with E-state index < -0.39 is 0 Å². The van der Waals surface area contributed by atoms with E-state index in [4.69, 9.17) is 11.6 Å². The predicted molar refractivity (Wildman–Crippen MR) is 65.4 cm³/mol. The highest BCUT2D eigenvalue weighted by atomic mass is 35.5. The van der Waals surface area contributed by atoms with Gasteiger partial charge < -0.3 is 0 Å². The highest BCUT2D eigenvalue weighted by molar-refractivity contribution is 7.98. The Morgan fingerprint density at radius 3 is 3.00 bits per heavy atom. The van der Waals surface area contributed by atoms with Crippen LogP contribution >= 0.6 is 34.7 Å². The van der Waals surface area contributed by atoms with Crippen molar-refractivity contribution < 1.29 is 0 Å². The lowest BCUT2D eigenvalue weighted by Crippen LogP contribution is -1.96. The van der Waals surface area contributed by atoms with Gasteiger partial charge in [-0.2, -0.15) is 23.1 Å². The smallest absolute Gasteiger partial charge is 0.161 e. The summed E-state index contributed by atoms with van der Waals surface area (Å²) >= 11 is 9.61. The highest BCUT2D eigenvalue weighted by Crippen LogP contribution is 2.34. The van der Waals surface area contributed by atoms with Crippen LogP contribution in [0.4, 0.5) is 0 Å². The average Bonchev–Trinajstić information content (AvgIpc) is 2.88. The number of fused-ring (bicyclic) bond motifs is 1. The molecule has 2 aromatic rings. The molecule has 0 spiro atoms. The topological polar surface area (TPSA) is 25.8 Å². The minimum Gasteiger partial charge on any atom is -0.232 e. The van der Waals surface area contributed by atoms with E-state index in [2.05, 4.69) is 9.97 Å². The van der Waals surface area contributed by atoms with E-state index in [0.717, 1.165) is 34.2 Å². The van der Waals surface area contributed by atoms with Crippen molar-refractivity contribution in [1.29, 1.82) is 0 Å². The third-order valence-corrected chi connectivity index (χ3v) is 4.27. The fourth-order valence-electron chi connectivity index (χ4n) is 1.53. The van der Waals surface area contributed by atoms with E-state index in [1.165, 1.54) is 0 Å². The van der Waals surface area contributed by atoms with Crippen LogP contribution in [-0.4, -0.2) is 9.97 Å². The number of aromatic nitrogens is 2. The van der Waals surface area contributed by atoms with Crippen molar-refractivity contribution in [1.82, 2.24) is 9.97 Å². The predicted octanol–water partition coefficient (Wildman–Crippen LogP) is 3.61. The normalized spacial score (nSPS) is 14.2. The monoisotopic (exact) mass is 254 g/mol. The summed E-state index contributed by atoms with van der Waals surface area (Å²) in [7, 11) is 0. The van der Waals surface area contributed by atoms with Crippen LogP contribution in [0, 0.1) is 0 Å². The second kappa shape index (κ2) is 3.77. The Morgan fingerprint density at radius 2 is 2.20 bits per heavy atom. The van der Waals surface area contributed by atoms with Gasteiger partial charge in [-0.25, -0.2) is 9.97 Å². The highest BCUT2D eigenvalue weighted by Gasteiger charge is 2.19. The first-order chi connectivity index (χ1) is 7.34. The summed E-state index contributed by atoms with van der Waals surface area (Å²) < 4.78 is 0. The van der Waals surface area contributed by atoms with Crippen LogP contribution in [0.2, 0.25) is 5.15 Å². The molecule has 0 unspecified atom stereocenters. The van der Waals surface area contributed by atoms with Gasteiger partial charge in [-0.15, -0.1) is 0 Å². The van der Waals surface area contributed by atoms with E-state index in [-0.39, 0.29) is 0 Å². The molecular formula is C10H7ClN2S2. The first-order valence-electron chi connectivity index (χ1n) is 4.50. The summed E-state index contributed by atoms with van der Waals surface area (Å²) in [6, 6.07) is 2.02. The lowest BCUT2D eigenvalue weighted by molar-refractivity contribution is 1.07. The molecule has 0 aliphatic carbocycles. The van der Waals surface area contributed by atoms with Gasteiger partial charge in [0.1, 0.15) is 5.15 Å². The molecule has 3 rings (SSSR count). The summed E-state index contributed by atoms with van der Waals surface area (Å²) in [6.07, 6.45) is 0. The maximum Gasteiger partial charge on any atom is 0.161 e. The summed E-state index contributed by atoms with van der Waals surface area (Å²) in [5, 5.41) is 4.68. The number of hydrogen-bond donors (Lipinski definition) is 0. The van der Waals surface area contributed by atoms with E-state index in [1.54, 1.807) is 11.3 Å². The third-order valence-electron chi connectivity index (χ3n) is 2.31. The van der Waals surface area contributed by atoms with Crippen molar-refractivity contribution in [2.75, 3.05) is 0 Å². The molecule has 0 saturated carbocycles. The van der Waals surface area contributed by atoms with Crippen molar-refractivity contribution in [3.8, 4) is 11.4 Å². The van der Waals surface area contributed by atoms with Crippen LogP contribution in [0.1, 0.15) is 11.3 Å². The van der Waals surface area contributed by atoms with Crippen LogP contribution in [0.3, 0.4) is 0 Å². The summed E-state index contributed by atoms with van der Waals surface area (Å²) in [6.45, 7) is 0. The van der Waals surface area contributed by atoms with Crippen LogP contribution in [0.15, 0.2) is 16.8 Å². The van der Waals surface area contributed by atoms with Crippen molar-refractivity contribution in [2.45, 2.75) is 11.5 Å². The zero-order valence-corrected chi connectivity index (χ0v) is 10.1. The van der Waals surface area contributed by atoms with E-state index in [0.29, 0.717) is 5.15 Å². The Kier molecular flexibility index (Phi) is 2.42. The summed E-state index contributed by atoms with van der Waals surface area (Å²) in [4.78, 5) is 8.88. The lowest BCUT2D eigenvalue weighted by Gasteiger charge is -2.02. The van der Waals surface area contributed by atoms with Gasteiger partial charge in [0, 0.05) is 28.0 Å². The molecule has 2 nitrogen and oxygen atoms in total. The standard InChI is InChI=1S/C10H7ClN2S2/c11-9-7-4-15-5-8(7)12-10(13-9)6-1-2-14-3-6/h1-3H,4-5H2. The molecule has 0 amide bonds. The number of nitrogens with zero attached hydrogens (tertiary/aromatic N) is 2. The fourth-order valence-corrected chi connectivity index (χ4v) is 3.54. The Bertz CT molecular complexity index is 496. The number of halogens is 1. The molecule has 15 heavy (non-hydrogen) atoms. The van der Waals surface area contributed by atoms with Gasteiger partial charge >= 0.3 is 0 Å². The molecule has 1 aliphatic heterocycles. The largest absolute Gasteiger partial charge is 0.232 e. The summed E-state index contributed by atoms with van der Waals surface area (Å²) in [5.74, 6) is 2.65.